The molecule has 0 saturated carbocycles. The van der Waals surface area contributed by atoms with Crippen molar-refractivity contribution in [3.8, 4) is 22.9 Å². The molecule has 4 rings (SSSR count). The molecule has 2 heterocycles. The Balaban J connectivity index is 1.85. The summed E-state index contributed by atoms with van der Waals surface area (Å²) in [5.41, 5.74) is 0.959. The number of nitrogens with zero attached hydrogens (tertiary/aromatic N) is 2. The molecule has 2 aromatic heterocycles. The lowest BCUT2D eigenvalue weighted by Gasteiger charge is -2.00. The largest absolute Gasteiger partial charge is 0.422 e. The van der Waals surface area contributed by atoms with Crippen molar-refractivity contribution >= 4 is 42.8 Å². The van der Waals surface area contributed by atoms with E-state index in [1.54, 1.807) is 12.1 Å². The molecular formula is C17H8Br2N2O3. The normalized spacial score (nSPS) is 11.1. The highest BCUT2D eigenvalue weighted by atomic mass is 79.9. The Labute approximate surface area is 152 Å². The lowest BCUT2D eigenvalue weighted by atomic mass is 10.2. The van der Waals surface area contributed by atoms with Crippen LogP contribution in [0.15, 0.2) is 71.1 Å². The average molecular weight is 448 g/mol. The number of benzene rings is 2. The van der Waals surface area contributed by atoms with Gasteiger partial charge in [-0.3, -0.25) is 0 Å². The molecular weight excluding hydrogens is 440 g/mol. The maximum atomic E-state index is 12.2. The third-order valence-electron chi connectivity index (χ3n) is 3.45. The van der Waals surface area contributed by atoms with E-state index in [9.17, 15) is 4.79 Å². The topological polar surface area (TPSA) is 69.1 Å². The molecule has 2 aromatic carbocycles. The van der Waals surface area contributed by atoms with Crippen LogP contribution in [0, 0.1) is 0 Å². The van der Waals surface area contributed by atoms with Gasteiger partial charge in [0.1, 0.15) is 11.1 Å². The van der Waals surface area contributed by atoms with Gasteiger partial charge in [0.15, 0.2) is 0 Å². The van der Waals surface area contributed by atoms with Crippen LogP contribution in [0.1, 0.15) is 0 Å². The fraction of sp³-hybridized carbons (Fsp3) is 0. The monoisotopic (exact) mass is 446 g/mol. The SMILES string of the molecule is O=c1oc2ccc(Br)cc2cc1-c1nnc(-c2ccccc2Br)o1. The van der Waals surface area contributed by atoms with Crippen molar-refractivity contribution in [1.82, 2.24) is 10.2 Å². The minimum atomic E-state index is -0.521. The van der Waals surface area contributed by atoms with Crippen molar-refractivity contribution in [3.05, 3.63) is 67.9 Å². The van der Waals surface area contributed by atoms with Crippen molar-refractivity contribution in [3.63, 3.8) is 0 Å². The molecule has 0 saturated heterocycles. The van der Waals surface area contributed by atoms with Crippen LogP contribution in [0.25, 0.3) is 33.9 Å². The van der Waals surface area contributed by atoms with Gasteiger partial charge in [-0.05, 0) is 52.3 Å². The van der Waals surface area contributed by atoms with Crippen LogP contribution in [0.3, 0.4) is 0 Å². The quantitative estimate of drug-likeness (QED) is 0.403. The lowest BCUT2D eigenvalue weighted by Crippen LogP contribution is -2.02. The summed E-state index contributed by atoms with van der Waals surface area (Å²) >= 11 is 6.84. The zero-order chi connectivity index (χ0) is 16.7. The van der Waals surface area contributed by atoms with Crippen LogP contribution in [-0.2, 0) is 0 Å². The van der Waals surface area contributed by atoms with Crippen LogP contribution < -0.4 is 5.63 Å². The first-order valence-corrected chi connectivity index (χ1v) is 8.52. The average Bonchev–Trinajstić information content (AvgIpc) is 3.04. The molecule has 118 valence electrons. The molecule has 5 nitrogen and oxygen atoms in total. The molecule has 0 radical (unpaired) electrons. The predicted molar refractivity (Wildman–Crippen MR) is 96.6 cm³/mol. The molecule has 0 unspecified atom stereocenters. The first-order valence-electron chi connectivity index (χ1n) is 6.94. The Morgan fingerprint density at radius 3 is 2.38 bits per heavy atom. The third kappa shape index (κ3) is 2.70. The number of rotatable bonds is 2. The standard InChI is InChI=1S/C17H8Br2N2O3/c18-10-5-6-14-9(7-10)8-12(17(22)23-14)16-21-20-15(24-16)11-3-1-2-4-13(11)19/h1-8H. The van der Waals surface area contributed by atoms with Gasteiger partial charge in [0.05, 0.1) is 5.56 Å². The molecule has 0 aliphatic carbocycles. The summed E-state index contributed by atoms with van der Waals surface area (Å²) in [6, 6.07) is 14.6. The van der Waals surface area contributed by atoms with Crippen molar-refractivity contribution < 1.29 is 8.83 Å². The summed E-state index contributed by atoms with van der Waals surface area (Å²) in [6.45, 7) is 0. The van der Waals surface area contributed by atoms with Crippen molar-refractivity contribution in [2.24, 2.45) is 0 Å². The van der Waals surface area contributed by atoms with Gasteiger partial charge >= 0.3 is 5.63 Å². The molecule has 0 amide bonds. The highest BCUT2D eigenvalue weighted by molar-refractivity contribution is 9.10. The van der Waals surface area contributed by atoms with E-state index in [-0.39, 0.29) is 11.5 Å². The Morgan fingerprint density at radius 1 is 0.833 bits per heavy atom. The van der Waals surface area contributed by atoms with Gasteiger partial charge in [-0.2, -0.15) is 0 Å². The number of aromatic nitrogens is 2. The second-order valence-corrected chi connectivity index (χ2v) is 6.79. The summed E-state index contributed by atoms with van der Waals surface area (Å²) < 4.78 is 12.7. The zero-order valence-electron chi connectivity index (χ0n) is 12.0. The first-order chi connectivity index (χ1) is 11.6. The smallest absolute Gasteiger partial charge is 0.349 e. The molecule has 24 heavy (non-hydrogen) atoms. The number of halogens is 2. The Hall–Kier alpha value is -2.25. The summed E-state index contributed by atoms with van der Waals surface area (Å²) in [5.74, 6) is 0.447. The summed E-state index contributed by atoms with van der Waals surface area (Å²) in [6.07, 6.45) is 0. The van der Waals surface area contributed by atoms with E-state index >= 15 is 0 Å². The Bertz CT molecular complexity index is 1120. The van der Waals surface area contributed by atoms with Gasteiger partial charge in [0.2, 0.25) is 5.89 Å². The van der Waals surface area contributed by atoms with Gasteiger partial charge in [-0.1, -0.05) is 28.1 Å². The van der Waals surface area contributed by atoms with Crippen LogP contribution >= 0.6 is 31.9 Å². The Morgan fingerprint density at radius 2 is 1.58 bits per heavy atom. The molecule has 0 fully saturated rings. The van der Waals surface area contributed by atoms with Crippen LogP contribution in [0.5, 0.6) is 0 Å². The molecule has 0 atom stereocenters. The molecule has 0 spiro atoms. The van der Waals surface area contributed by atoms with E-state index in [0.29, 0.717) is 11.5 Å². The van der Waals surface area contributed by atoms with E-state index in [1.165, 1.54) is 0 Å². The summed E-state index contributed by atoms with van der Waals surface area (Å²) in [5, 5.41) is 8.77. The van der Waals surface area contributed by atoms with Gasteiger partial charge in [-0.25, -0.2) is 4.79 Å². The molecule has 4 aromatic rings. The summed E-state index contributed by atoms with van der Waals surface area (Å²) in [4.78, 5) is 12.2. The van der Waals surface area contributed by atoms with Gasteiger partial charge in [-0.15, -0.1) is 10.2 Å². The van der Waals surface area contributed by atoms with E-state index in [1.807, 2.05) is 36.4 Å². The predicted octanol–water partition coefficient (Wildman–Crippen LogP) is 5.04. The van der Waals surface area contributed by atoms with E-state index in [2.05, 4.69) is 42.1 Å². The maximum absolute atomic E-state index is 12.2. The maximum Gasteiger partial charge on any atom is 0.349 e. The van der Waals surface area contributed by atoms with Crippen LogP contribution in [0.2, 0.25) is 0 Å². The van der Waals surface area contributed by atoms with E-state index in [4.69, 9.17) is 8.83 Å². The van der Waals surface area contributed by atoms with Gasteiger partial charge in [0.25, 0.3) is 5.89 Å². The number of hydrogen-bond acceptors (Lipinski definition) is 5. The van der Waals surface area contributed by atoms with E-state index < -0.39 is 5.63 Å². The van der Waals surface area contributed by atoms with Crippen LogP contribution in [0.4, 0.5) is 0 Å². The fourth-order valence-electron chi connectivity index (χ4n) is 2.32. The molecule has 0 bridgehead atoms. The minimum absolute atomic E-state index is 0.122. The van der Waals surface area contributed by atoms with Gasteiger partial charge < -0.3 is 8.83 Å². The van der Waals surface area contributed by atoms with Crippen molar-refractivity contribution in [2.45, 2.75) is 0 Å². The highest BCUT2D eigenvalue weighted by Crippen LogP contribution is 2.29. The number of hydrogen-bond donors (Lipinski definition) is 0. The van der Waals surface area contributed by atoms with Gasteiger partial charge in [0, 0.05) is 14.3 Å². The zero-order valence-corrected chi connectivity index (χ0v) is 15.2. The molecule has 7 heteroatoms. The Kier molecular flexibility index (Phi) is 3.82. The summed E-state index contributed by atoms with van der Waals surface area (Å²) in [7, 11) is 0. The highest BCUT2D eigenvalue weighted by Gasteiger charge is 2.17. The minimum Gasteiger partial charge on any atom is -0.422 e. The molecule has 0 aliphatic heterocycles. The fourth-order valence-corrected chi connectivity index (χ4v) is 3.15. The van der Waals surface area contributed by atoms with E-state index in [0.717, 1.165) is 19.9 Å². The van der Waals surface area contributed by atoms with Crippen LogP contribution in [-0.4, -0.2) is 10.2 Å². The third-order valence-corrected chi connectivity index (χ3v) is 4.64. The van der Waals surface area contributed by atoms with Crippen molar-refractivity contribution in [1.29, 1.82) is 0 Å². The molecule has 0 N–H and O–H groups in total. The lowest BCUT2D eigenvalue weighted by molar-refractivity contribution is 0.547. The molecule has 0 aliphatic rings. The second-order valence-electron chi connectivity index (χ2n) is 5.02. The first kappa shape index (κ1) is 15.3. The van der Waals surface area contributed by atoms with Crippen molar-refractivity contribution in [2.75, 3.05) is 0 Å². The number of fused-ring (bicyclic) bond motifs is 1. The second kappa shape index (κ2) is 5.99.